The minimum atomic E-state index is -3.41. The molecule has 3 aromatic rings. The van der Waals surface area contributed by atoms with Gasteiger partial charge in [0.1, 0.15) is 11.5 Å². The van der Waals surface area contributed by atoms with E-state index in [4.69, 9.17) is 4.52 Å². The van der Waals surface area contributed by atoms with E-state index in [2.05, 4.69) is 41.5 Å². The van der Waals surface area contributed by atoms with Gasteiger partial charge in [0.2, 0.25) is 0 Å². The highest BCUT2D eigenvalue weighted by Crippen LogP contribution is 2.55. The molecule has 0 radical (unpaired) electrons. The second kappa shape index (κ2) is 6.75. The van der Waals surface area contributed by atoms with E-state index in [0.29, 0.717) is 16.4 Å². The normalized spacial score (nSPS) is 18.3. The van der Waals surface area contributed by atoms with Gasteiger partial charge in [0.15, 0.2) is 0 Å². The summed E-state index contributed by atoms with van der Waals surface area (Å²) in [5.41, 5.74) is 2.81. The van der Waals surface area contributed by atoms with Crippen molar-refractivity contribution in [2.45, 2.75) is 52.4 Å². The molecule has 0 aliphatic carbocycles. The Morgan fingerprint density at radius 3 is 1.83 bits per heavy atom. The van der Waals surface area contributed by atoms with Crippen LogP contribution in [0.4, 0.5) is 0 Å². The van der Waals surface area contributed by atoms with Crippen LogP contribution in [0.1, 0.15) is 52.7 Å². The first-order chi connectivity index (χ1) is 13.9. The zero-order chi connectivity index (χ0) is 21.9. The van der Waals surface area contributed by atoms with Crippen molar-refractivity contribution in [3.8, 4) is 22.6 Å². The maximum atomic E-state index is 14.6. The maximum absolute atomic E-state index is 14.6. The second-order valence-electron chi connectivity index (χ2n) is 10.0. The van der Waals surface area contributed by atoms with Gasteiger partial charge in [0.25, 0.3) is 0 Å². The van der Waals surface area contributed by atoms with Gasteiger partial charge in [0, 0.05) is 16.7 Å². The quantitative estimate of drug-likeness (QED) is 0.472. The summed E-state index contributed by atoms with van der Waals surface area (Å²) in [4.78, 5) is 0. The molecule has 3 nitrogen and oxygen atoms in total. The van der Waals surface area contributed by atoms with Gasteiger partial charge in [-0.15, -0.1) is 0 Å². The van der Waals surface area contributed by atoms with E-state index in [1.54, 1.807) is 0 Å². The number of para-hydroxylation sites is 1. The van der Waals surface area contributed by atoms with Crippen molar-refractivity contribution in [1.82, 2.24) is 0 Å². The molecule has 4 rings (SSSR count). The van der Waals surface area contributed by atoms with Crippen molar-refractivity contribution in [1.29, 1.82) is 0 Å². The lowest BCUT2D eigenvalue weighted by Crippen LogP contribution is -2.28. The number of benzene rings is 3. The predicted octanol–water partition coefficient (Wildman–Crippen LogP) is 6.28. The first kappa shape index (κ1) is 20.8. The lowest BCUT2D eigenvalue weighted by Gasteiger charge is -2.32. The SMILES string of the molecule is CC(C)(C)c1cc(P2(=O)Oc3ccccc3-c3ccccc32)cc(C(C)(C)C)c1O. The summed E-state index contributed by atoms with van der Waals surface area (Å²) in [5, 5.41) is 12.4. The third-order valence-corrected chi connectivity index (χ3v) is 8.09. The van der Waals surface area contributed by atoms with Crippen molar-refractivity contribution in [3.63, 3.8) is 0 Å². The van der Waals surface area contributed by atoms with Gasteiger partial charge in [-0.1, -0.05) is 77.9 Å². The van der Waals surface area contributed by atoms with E-state index in [9.17, 15) is 9.67 Å². The van der Waals surface area contributed by atoms with Crippen LogP contribution in [0.25, 0.3) is 11.1 Å². The number of aromatic hydroxyl groups is 1. The van der Waals surface area contributed by atoms with E-state index in [0.717, 1.165) is 22.3 Å². The molecule has 0 amide bonds. The molecule has 0 fully saturated rings. The van der Waals surface area contributed by atoms with Crippen LogP contribution in [0, 0.1) is 0 Å². The summed E-state index contributed by atoms with van der Waals surface area (Å²) in [6.07, 6.45) is 0. The first-order valence-electron chi connectivity index (χ1n) is 10.3. The molecule has 0 bridgehead atoms. The molecule has 156 valence electrons. The number of rotatable bonds is 1. The highest BCUT2D eigenvalue weighted by Gasteiger charge is 2.40. The van der Waals surface area contributed by atoms with Gasteiger partial charge >= 0.3 is 7.37 Å². The largest absolute Gasteiger partial charge is 0.507 e. The van der Waals surface area contributed by atoms with Crippen LogP contribution in [0.5, 0.6) is 11.5 Å². The Bertz CT molecular complexity index is 1140. The Morgan fingerprint density at radius 1 is 0.767 bits per heavy atom. The van der Waals surface area contributed by atoms with Crippen molar-refractivity contribution in [2.24, 2.45) is 0 Å². The smallest absolute Gasteiger partial charge is 0.307 e. The van der Waals surface area contributed by atoms with Crippen LogP contribution < -0.4 is 15.1 Å². The maximum Gasteiger partial charge on any atom is 0.307 e. The molecule has 1 atom stereocenters. The molecule has 0 spiro atoms. The molecule has 4 heteroatoms. The summed E-state index contributed by atoms with van der Waals surface area (Å²) in [5.74, 6) is 0.901. The molecule has 3 aromatic carbocycles. The summed E-state index contributed by atoms with van der Waals surface area (Å²) < 4.78 is 20.9. The van der Waals surface area contributed by atoms with Crippen LogP contribution >= 0.6 is 7.37 Å². The molecule has 0 aromatic heterocycles. The second-order valence-corrected chi connectivity index (χ2v) is 12.3. The van der Waals surface area contributed by atoms with E-state index in [-0.39, 0.29) is 16.6 Å². The highest BCUT2D eigenvalue weighted by atomic mass is 31.2. The Labute approximate surface area is 179 Å². The molecule has 0 saturated heterocycles. The fourth-order valence-corrected chi connectivity index (χ4v) is 6.35. The lowest BCUT2D eigenvalue weighted by molar-refractivity contribution is 0.423. The van der Waals surface area contributed by atoms with Crippen molar-refractivity contribution in [3.05, 3.63) is 71.8 Å². The fraction of sp³-hybridized carbons (Fsp3) is 0.308. The molecule has 1 unspecified atom stereocenters. The zero-order valence-electron chi connectivity index (χ0n) is 18.5. The zero-order valence-corrected chi connectivity index (χ0v) is 19.4. The van der Waals surface area contributed by atoms with Crippen molar-refractivity contribution >= 4 is 18.0 Å². The van der Waals surface area contributed by atoms with Gasteiger partial charge in [-0.2, -0.15) is 0 Å². The summed E-state index contributed by atoms with van der Waals surface area (Å²) >= 11 is 0. The number of phenolic OH excluding ortho intramolecular Hbond substituents is 1. The lowest BCUT2D eigenvalue weighted by atomic mass is 9.79. The van der Waals surface area contributed by atoms with Crippen LogP contribution in [0.2, 0.25) is 0 Å². The predicted molar refractivity (Wildman–Crippen MR) is 125 cm³/mol. The van der Waals surface area contributed by atoms with Crippen molar-refractivity contribution in [2.75, 3.05) is 0 Å². The Balaban J connectivity index is 2.05. The molecule has 30 heavy (non-hydrogen) atoms. The first-order valence-corrected chi connectivity index (χ1v) is 11.9. The van der Waals surface area contributed by atoms with Crippen molar-refractivity contribution < 1.29 is 14.2 Å². The number of hydrogen-bond donors (Lipinski definition) is 1. The Morgan fingerprint density at radius 2 is 1.27 bits per heavy atom. The number of phenols is 1. The van der Waals surface area contributed by atoms with Crippen LogP contribution in [0.3, 0.4) is 0 Å². The van der Waals surface area contributed by atoms with E-state index in [1.807, 2.05) is 60.7 Å². The van der Waals surface area contributed by atoms with E-state index in [1.165, 1.54) is 0 Å². The molecule has 0 saturated carbocycles. The van der Waals surface area contributed by atoms with Gasteiger partial charge in [-0.05, 0) is 40.7 Å². The highest BCUT2D eigenvalue weighted by molar-refractivity contribution is 7.75. The topological polar surface area (TPSA) is 46.5 Å². The molecular formula is C26H29O3P. The van der Waals surface area contributed by atoms with Crippen LogP contribution in [-0.4, -0.2) is 5.11 Å². The Kier molecular flexibility index (Phi) is 4.67. The average Bonchev–Trinajstić information content (AvgIpc) is 2.66. The third-order valence-electron chi connectivity index (χ3n) is 5.68. The summed E-state index contributed by atoms with van der Waals surface area (Å²) in [7, 11) is -3.41. The van der Waals surface area contributed by atoms with Crippen LogP contribution in [-0.2, 0) is 15.4 Å². The third kappa shape index (κ3) is 3.26. The number of fused-ring (bicyclic) bond motifs is 3. The van der Waals surface area contributed by atoms with Gasteiger partial charge in [-0.25, -0.2) is 0 Å². The van der Waals surface area contributed by atoms with E-state index < -0.39 is 7.37 Å². The molecule has 1 heterocycles. The van der Waals surface area contributed by atoms with Gasteiger partial charge in [0.05, 0.1) is 10.6 Å². The molecular weight excluding hydrogens is 391 g/mol. The number of hydrogen-bond acceptors (Lipinski definition) is 3. The molecule has 1 aliphatic heterocycles. The Hall–Kier alpha value is -2.51. The monoisotopic (exact) mass is 420 g/mol. The minimum absolute atomic E-state index is 0.274. The minimum Gasteiger partial charge on any atom is -0.507 e. The standard InChI is InChI=1S/C26H29O3P/c1-25(2,3)20-15-17(16-21(24(20)27)26(4,5)6)30(28)23-14-10-8-12-19(23)18-11-7-9-13-22(18)29-30/h7-16,27H,1-6H3. The van der Waals surface area contributed by atoms with Crippen LogP contribution in [0.15, 0.2) is 60.7 Å². The fourth-order valence-electron chi connectivity index (χ4n) is 4.04. The molecule has 1 aliphatic rings. The summed E-state index contributed by atoms with van der Waals surface area (Å²) in [6, 6.07) is 19.2. The average molecular weight is 420 g/mol. The summed E-state index contributed by atoms with van der Waals surface area (Å²) in [6.45, 7) is 12.3. The van der Waals surface area contributed by atoms with Gasteiger partial charge < -0.3 is 9.63 Å². The molecule has 1 N–H and O–H groups in total. The van der Waals surface area contributed by atoms with Gasteiger partial charge in [-0.3, -0.25) is 4.57 Å². The van der Waals surface area contributed by atoms with E-state index >= 15 is 0 Å².